The smallest absolute Gasteiger partial charge is 0.317 e. The van der Waals surface area contributed by atoms with Crippen molar-refractivity contribution in [3.8, 4) is 0 Å². The molecule has 13 nitrogen and oxygen atoms in total. The number of benzene rings is 1. The van der Waals surface area contributed by atoms with Gasteiger partial charge in [-0.05, 0) is 49.9 Å². The van der Waals surface area contributed by atoms with Crippen molar-refractivity contribution in [2.75, 3.05) is 31.6 Å². The van der Waals surface area contributed by atoms with Crippen LogP contribution in [0.15, 0.2) is 43.0 Å². The number of amides is 1. The van der Waals surface area contributed by atoms with E-state index in [4.69, 9.17) is 13.7 Å². The number of fused-ring (bicyclic) bond motifs is 1. The molecular weight excluding hydrogens is 603 g/mol. The van der Waals surface area contributed by atoms with Crippen molar-refractivity contribution >= 4 is 39.5 Å². The molecule has 1 saturated heterocycles. The molecule has 5 atom stereocenters. The van der Waals surface area contributed by atoms with Crippen LogP contribution in [-0.4, -0.2) is 93.2 Å². The molecule has 3 N–H and O–H groups in total. The summed E-state index contributed by atoms with van der Waals surface area (Å²) in [6.07, 6.45) is -0.870. The summed E-state index contributed by atoms with van der Waals surface area (Å²) in [5, 5.41) is 12.6. The summed E-state index contributed by atoms with van der Waals surface area (Å²) in [6.45, 7) is 20.0. The Bertz CT molecular complexity index is 1380. The quantitative estimate of drug-likeness (QED) is 0.198. The largest absolute Gasteiger partial charge is 0.407 e. The van der Waals surface area contributed by atoms with E-state index < -0.39 is 47.7 Å². The van der Waals surface area contributed by atoms with Gasteiger partial charge in [0.1, 0.15) is 24.6 Å². The van der Waals surface area contributed by atoms with Crippen LogP contribution in [0.5, 0.6) is 0 Å². The average Bonchev–Trinajstić information content (AvgIpc) is 3.55. The minimum absolute atomic E-state index is 0.183. The second kappa shape index (κ2) is 15.6. The lowest BCUT2D eigenvalue weighted by Crippen LogP contribution is -2.49. The number of carbonyl (C=O) groups excluding carboxylic acids is 1. The highest BCUT2D eigenvalue weighted by molar-refractivity contribution is 7.32. The van der Waals surface area contributed by atoms with Gasteiger partial charge in [0, 0.05) is 5.56 Å². The van der Waals surface area contributed by atoms with Crippen LogP contribution >= 0.6 is 8.25 Å². The zero-order chi connectivity index (χ0) is 32.7. The molecule has 1 unspecified atom stereocenters. The molecule has 0 radical (unpaired) electrons. The SMILES string of the molecule is CC(C)(C)[Si](C)(C)O[C@@H]1[C@H](O[PH](=O)O)[C@@H](CO)O[C@H]1n1cnc2c(NC(=O)c3ccccc3)ncnc21.CCN(CC)CC. The first kappa shape index (κ1) is 35.9. The maximum Gasteiger partial charge on any atom is 0.317 e. The predicted molar refractivity (Wildman–Crippen MR) is 172 cm³/mol. The molecule has 0 aliphatic carbocycles. The zero-order valence-corrected chi connectivity index (χ0v) is 28.9. The number of ether oxygens (including phenoxy) is 1. The lowest BCUT2D eigenvalue weighted by atomic mass is 10.1. The molecule has 1 aromatic carbocycles. The van der Waals surface area contributed by atoms with Crippen LogP contribution < -0.4 is 5.32 Å². The number of aliphatic hydroxyl groups is 1. The lowest BCUT2D eigenvalue weighted by Gasteiger charge is -2.40. The number of hydrogen-bond acceptors (Lipinski definition) is 10. The van der Waals surface area contributed by atoms with Gasteiger partial charge in [-0.25, -0.2) is 15.0 Å². The predicted octanol–water partition coefficient (Wildman–Crippen LogP) is 4.47. The summed E-state index contributed by atoms with van der Waals surface area (Å²) < 4.78 is 31.4. The van der Waals surface area contributed by atoms with Crippen molar-refractivity contribution < 1.29 is 33.0 Å². The van der Waals surface area contributed by atoms with Crippen molar-refractivity contribution in [1.82, 2.24) is 24.4 Å². The van der Waals surface area contributed by atoms with Crippen LogP contribution in [0.4, 0.5) is 5.82 Å². The van der Waals surface area contributed by atoms with E-state index >= 15 is 0 Å². The fraction of sp³-hybridized carbons (Fsp3) is 0.586. The van der Waals surface area contributed by atoms with E-state index in [9.17, 15) is 19.4 Å². The summed E-state index contributed by atoms with van der Waals surface area (Å²) in [6, 6.07) is 8.70. The number of nitrogens with one attached hydrogen (secondary N) is 1. The van der Waals surface area contributed by atoms with Crippen LogP contribution in [-0.2, 0) is 18.3 Å². The third-order valence-electron chi connectivity index (χ3n) is 8.18. The minimum Gasteiger partial charge on any atom is -0.407 e. The standard InChI is InChI=1S/C23H32N5O7PSi.C6H15N/c1-23(2,3)37(4,5)35-18-17(34-36(31)32)15(11-29)33-22(18)28-13-26-16-19(24-12-25-20(16)28)27-21(30)14-9-7-6-8-10-14;1-4-7(5-2)6-3/h6-10,12-13,15,17-18,22,29,36H,11H2,1-5H3,(H,31,32)(H,24,25,27,30);4-6H2,1-3H3/t15-,17-,18-,22-;/m1./s1. The van der Waals surface area contributed by atoms with Crippen LogP contribution in [0.25, 0.3) is 11.2 Å². The maximum absolute atomic E-state index is 12.7. The second-order valence-electron chi connectivity index (χ2n) is 11.9. The van der Waals surface area contributed by atoms with Crippen molar-refractivity contribution in [3.63, 3.8) is 0 Å². The fourth-order valence-corrected chi connectivity index (χ4v) is 6.35. The van der Waals surface area contributed by atoms with Gasteiger partial charge >= 0.3 is 8.25 Å². The summed E-state index contributed by atoms with van der Waals surface area (Å²) in [7, 11) is -5.80. The Morgan fingerprint density at radius 2 is 1.73 bits per heavy atom. The van der Waals surface area contributed by atoms with Gasteiger partial charge in [-0.3, -0.25) is 13.9 Å². The molecule has 2 aromatic heterocycles. The summed E-state index contributed by atoms with van der Waals surface area (Å²) >= 11 is 0. The Balaban J connectivity index is 0.000000676. The number of imidazole rings is 1. The highest BCUT2D eigenvalue weighted by Gasteiger charge is 2.52. The van der Waals surface area contributed by atoms with Crippen LogP contribution in [0, 0.1) is 0 Å². The molecule has 44 heavy (non-hydrogen) atoms. The van der Waals surface area contributed by atoms with Gasteiger partial charge in [-0.2, -0.15) is 0 Å². The molecule has 3 aromatic rings. The van der Waals surface area contributed by atoms with Crippen molar-refractivity contribution in [2.45, 2.75) is 84.2 Å². The van der Waals surface area contributed by atoms with Gasteiger partial charge in [0.15, 0.2) is 31.5 Å². The van der Waals surface area contributed by atoms with E-state index in [0.29, 0.717) is 16.7 Å². The van der Waals surface area contributed by atoms with Gasteiger partial charge in [0.05, 0.1) is 12.9 Å². The molecule has 1 fully saturated rings. The van der Waals surface area contributed by atoms with E-state index in [2.05, 4.69) is 66.7 Å². The Morgan fingerprint density at radius 1 is 1.09 bits per heavy atom. The topological polar surface area (TPSA) is 161 Å². The molecule has 15 heteroatoms. The zero-order valence-electron chi connectivity index (χ0n) is 26.9. The molecule has 1 aliphatic heterocycles. The van der Waals surface area contributed by atoms with Gasteiger partial charge in [-0.15, -0.1) is 0 Å². The van der Waals surface area contributed by atoms with E-state index in [0.717, 1.165) is 0 Å². The van der Waals surface area contributed by atoms with Crippen molar-refractivity contribution in [2.24, 2.45) is 0 Å². The van der Waals surface area contributed by atoms with E-state index in [1.807, 2.05) is 19.2 Å². The van der Waals surface area contributed by atoms with E-state index in [-0.39, 0.29) is 16.8 Å². The number of nitrogens with zero attached hydrogens (tertiary/aromatic N) is 5. The Hall–Kier alpha value is -2.55. The molecule has 0 saturated carbocycles. The summed E-state index contributed by atoms with van der Waals surface area (Å²) in [5.74, 6) is -0.141. The number of carbonyl (C=O) groups is 1. The number of anilines is 1. The molecular formula is C29H47N6O7PSi. The second-order valence-corrected chi connectivity index (χ2v) is 17.4. The monoisotopic (exact) mass is 650 g/mol. The minimum atomic E-state index is -3.37. The number of aliphatic hydroxyl groups excluding tert-OH is 1. The first-order valence-corrected chi connectivity index (χ1v) is 19.0. The Labute approximate surface area is 261 Å². The molecule has 1 amide bonds. The fourth-order valence-electron chi connectivity index (χ4n) is 4.55. The normalized spacial score (nSPS) is 21.2. The van der Waals surface area contributed by atoms with Crippen LogP contribution in [0.3, 0.4) is 0 Å². The van der Waals surface area contributed by atoms with Gasteiger partial charge in [0.25, 0.3) is 5.91 Å². The third kappa shape index (κ3) is 8.58. The molecule has 1 aliphatic rings. The van der Waals surface area contributed by atoms with Gasteiger partial charge < -0.3 is 33.9 Å². The summed E-state index contributed by atoms with van der Waals surface area (Å²) in [4.78, 5) is 37.6. The van der Waals surface area contributed by atoms with Crippen molar-refractivity contribution in [1.29, 1.82) is 0 Å². The number of rotatable bonds is 11. The van der Waals surface area contributed by atoms with E-state index in [1.54, 1.807) is 28.8 Å². The maximum atomic E-state index is 12.7. The van der Waals surface area contributed by atoms with E-state index in [1.165, 1.54) is 32.3 Å². The van der Waals surface area contributed by atoms with Crippen LogP contribution in [0.2, 0.25) is 18.1 Å². The first-order chi connectivity index (χ1) is 20.8. The Morgan fingerprint density at radius 3 is 2.25 bits per heavy atom. The molecule has 4 rings (SSSR count). The lowest BCUT2D eigenvalue weighted by molar-refractivity contribution is -0.0487. The Kier molecular flexibility index (Phi) is 12.8. The third-order valence-corrected chi connectivity index (χ3v) is 13.1. The van der Waals surface area contributed by atoms with Gasteiger partial charge in [-0.1, -0.05) is 59.7 Å². The van der Waals surface area contributed by atoms with Gasteiger partial charge in [0.2, 0.25) is 0 Å². The molecule has 0 spiro atoms. The summed E-state index contributed by atoms with van der Waals surface area (Å²) in [5.41, 5.74) is 1.13. The number of hydrogen-bond donors (Lipinski definition) is 3. The average molecular weight is 651 g/mol. The molecule has 3 heterocycles. The first-order valence-electron chi connectivity index (χ1n) is 14.9. The van der Waals surface area contributed by atoms with Crippen LogP contribution in [0.1, 0.15) is 58.1 Å². The highest BCUT2D eigenvalue weighted by Crippen LogP contribution is 2.44. The molecule has 244 valence electrons. The van der Waals surface area contributed by atoms with Crippen molar-refractivity contribution in [3.05, 3.63) is 48.5 Å². The molecule has 0 bridgehead atoms. The number of aromatic nitrogens is 4. The highest BCUT2D eigenvalue weighted by atomic mass is 31.1.